The number of carbonyl (C=O) groups is 3. The van der Waals surface area contributed by atoms with Crippen LogP contribution in [-0.2, 0) is 20.9 Å². The molecule has 12 heteroatoms. The van der Waals surface area contributed by atoms with Gasteiger partial charge in [-0.2, -0.15) is 24.5 Å². The molecule has 4 heterocycles. The molecule has 0 unspecified atom stereocenters. The van der Waals surface area contributed by atoms with E-state index in [9.17, 15) is 22.8 Å². The number of thiophene rings is 1. The number of alkyl halides is 3. The van der Waals surface area contributed by atoms with E-state index in [0.717, 1.165) is 24.1 Å². The number of nitrogens with zero attached hydrogens (tertiary/aromatic N) is 3. The van der Waals surface area contributed by atoms with Gasteiger partial charge in [-0.1, -0.05) is 6.07 Å². The summed E-state index contributed by atoms with van der Waals surface area (Å²) in [6.07, 6.45) is -1.85. The van der Waals surface area contributed by atoms with Gasteiger partial charge in [0.25, 0.3) is 5.91 Å². The van der Waals surface area contributed by atoms with Crippen LogP contribution in [0.1, 0.15) is 28.9 Å². The fourth-order valence-electron chi connectivity index (χ4n) is 3.61. The molecule has 2 saturated heterocycles. The molecule has 2 aliphatic heterocycles. The van der Waals surface area contributed by atoms with E-state index in [2.05, 4.69) is 4.98 Å². The quantitative estimate of drug-likeness (QED) is 0.718. The lowest BCUT2D eigenvalue weighted by atomic mass is 9.89. The van der Waals surface area contributed by atoms with Crippen LogP contribution in [-0.4, -0.2) is 75.7 Å². The Balaban J connectivity index is 0.000000383. The van der Waals surface area contributed by atoms with Crippen LogP contribution in [0.4, 0.5) is 13.2 Å². The average molecular weight is 485 g/mol. The molecule has 0 bridgehead atoms. The van der Waals surface area contributed by atoms with E-state index < -0.39 is 12.1 Å². The first-order valence-electron chi connectivity index (χ1n) is 10.0. The van der Waals surface area contributed by atoms with Gasteiger partial charge in [-0.25, -0.2) is 4.79 Å². The number of carboxylic acids is 1. The van der Waals surface area contributed by atoms with Gasteiger partial charge in [0.05, 0.1) is 29.9 Å². The topological polar surface area (TPSA) is 100 Å². The van der Waals surface area contributed by atoms with Crippen LogP contribution in [0, 0.1) is 0 Å². The Bertz CT molecular complexity index is 961. The normalized spacial score (nSPS) is 18.0. The van der Waals surface area contributed by atoms with E-state index >= 15 is 0 Å². The third kappa shape index (κ3) is 6.51. The molecule has 0 aromatic carbocycles. The highest BCUT2D eigenvalue weighted by molar-refractivity contribution is 7.08. The fraction of sp³-hybridized carbons (Fsp3) is 0.429. The Kier molecular flexibility index (Phi) is 7.69. The number of morpholine rings is 1. The molecule has 2 aliphatic rings. The van der Waals surface area contributed by atoms with E-state index in [1.807, 2.05) is 44.8 Å². The molecule has 33 heavy (non-hydrogen) atoms. The number of carbonyl (C=O) groups excluding carboxylic acids is 2. The number of aromatic nitrogens is 1. The zero-order chi connectivity index (χ0) is 24.1. The summed E-state index contributed by atoms with van der Waals surface area (Å²) in [4.78, 5) is 41.7. The van der Waals surface area contributed by atoms with Gasteiger partial charge < -0.3 is 19.6 Å². The van der Waals surface area contributed by atoms with Crippen molar-refractivity contribution in [3.63, 3.8) is 0 Å². The number of piperidine rings is 1. The van der Waals surface area contributed by atoms with Gasteiger partial charge in [0.1, 0.15) is 6.61 Å². The summed E-state index contributed by atoms with van der Waals surface area (Å²) in [7, 11) is 0. The predicted octanol–water partition coefficient (Wildman–Crippen LogP) is 2.81. The minimum Gasteiger partial charge on any atom is -0.475 e. The Morgan fingerprint density at radius 1 is 1.21 bits per heavy atom. The number of aliphatic carboxylic acids is 1. The first kappa shape index (κ1) is 24.6. The molecule has 8 nitrogen and oxygen atoms in total. The minimum absolute atomic E-state index is 0.00180. The third-order valence-corrected chi connectivity index (χ3v) is 6.07. The highest BCUT2D eigenvalue weighted by Crippen LogP contribution is 2.31. The number of halogens is 3. The van der Waals surface area contributed by atoms with Crippen LogP contribution in [0.25, 0.3) is 0 Å². The molecule has 1 spiro atoms. The van der Waals surface area contributed by atoms with Crippen LogP contribution in [0.5, 0.6) is 0 Å². The van der Waals surface area contributed by atoms with Crippen molar-refractivity contribution in [3.05, 3.63) is 52.5 Å². The summed E-state index contributed by atoms with van der Waals surface area (Å²) >= 11 is 1.53. The summed E-state index contributed by atoms with van der Waals surface area (Å²) in [5, 5.41) is 10.9. The van der Waals surface area contributed by atoms with E-state index in [1.165, 1.54) is 11.3 Å². The molecular formula is C21H22F3N3O5S. The third-order valence-electron chi connectivity index (χ3n) is 5.39. The molecule has 2 amide bonds. The number of ether oxygens (including phenoxy) is 1. The van der Waals surface area contributed by atoms with Gasteiger partial charge in [-0.05, 0) is 36.4 Å². The van der Waals surface area contributed by atoms with E-state index in [0.29, 0.717) is 26.2 Å². The van der Waals surface area contributed by atoms with Crippen molar-refractivity contribution in [2.45, 2.75) is 31.2 Å². The zero-order valence-corrected chi connectivity index (χ0v) is 18.3. The lowest BCUT2D eigenvalue weighted by molar-refractivity contribution is -0.192. The van der Waals surface area contributed by atoms with Gasteiger partial charge in [0.15, 0.2) is 0 Å². The van der Waals surface area contributed by atoms with Gasteiger partial charge in [0, 0.05) is 24.7 Å². The molecule has 178 valence electrons. The summed E-state index contributed by atoms with van der Waals surface area (Å²) < 4.78 is 37.7. The first-order chi connectivity index (χ1) is 15.6. The number of hydrogen-bond acceptors (Lipinski definition) is 6. The van der Waals surface area contributed by atoms with Gasteiger partial charge >= 0.3 is 12.1 Å². The van der Waals surface area contributed by atoms with Crippen molar-refractivity contribution in [1.82, 2.24) is 14.8 Å². The molecule has 4 rings (SSSR count). The smallest absolute Gasteiger partial charge is 0.475 e. The number of hydrogen-bond donors (Lipinski definition) is 1. The number of rotatable bonds is 3. The summed E-state index contributed by atoms with van der Waals surface area (Å²) in [6, 6.07) is 7.59. The molecule has 2 aromatic heterocycles. The maximum Gasteiger partial charge on any atom is 0.490 e. The maximum absolute atomic E-state index is 12.5. The molecule has 0 aliphatic carbocycles. The largest absolute Gasteiger partial charge is 0.490 e. The number of carboxylic acid groups (broad SMARTS) is 1. The van der Waals surface area contributed by atoms with Crippen molar-refractivity contribution in [1.29, 1.82) is 0 Å². The SMILES string of the molecule is O=C(O)C(F)(F)F.O=C1COC2(CCN(C(=O)c3ccsc3)CC2)CN1Cc1ccccn1. The Morgan fingerprint density at radius 3 is 2.45 bits per heavy atom. The van der Waals surface area contributed by atoms with Gasteiger partial charge in [-0.3, -0.25) is 14.6 Å². The number of amides is 2. The molecule has 2 aromatic rings. The Morgan fingerprint density at radius 2 is 1.91 bits per heavy atom. The lowest BCUT2D eigenvalue weighted by Crippen LogP contribution is -2.59. The van der Waals surface area contributed by atoms with Crippen molar-refractivity contribution in [2.75, 3.05) is 26.2 Å². The van der Waals surface area contributed by atoms with Crippen LogP contribution >= 0.6 is 11.3 Å². The van der Waals surface area contributed by atoms with Crippen molar-refractivity contribution in [3.8, 4) is 0 Å². The zero-order valence-electron chi connectivity index (χ0n) is 17.5. The van der Waals surface area contributed by atoms with Crippen LogP contribution in [0.15, 0.2) is 41.2 Å². The summed E-state index contributed by atoms with van der Waals surface area (Å²) in [6.45, 7) is 2.47. The van der Waals surface area contributed by atoms with Crippen LogP contribution in [0.2, 0.25) is 0 Å². The highest BCUT2D eigenvalue weighted by atomic mass is 32.1. The molecule has 0 radical (unpaired) electrons. The number of likely N-dealkylation sites (tertiary alicyclic amines) is 1. The number of pyridine rings is 1. The predicted molar refractivity (Wildman–Crippen MR) is 111 cm³/mol. The second-order valence-electron chi connectivity index (χ2n) is 7.65. The van der Waals surface area contributed by atoms with Gasteiger partial charge in [-0.15, -0.1) is 0 Å². The Hall–Kier alpha value is -2.99. The van der Waals surface area contributed by atoms with Crippen molar-refractivity contribution >= 4 is 29.1 Å². The molecule has 0 saturated carbocycles. The summed E-state index contributed by atoms with van der Waals surface area (Å²) in [5.41, 5.74) is 1.28. The molecular weight excluding hydrogens is 463 g/mol. The first-order valence-corrected chi connectivity index (χ1v) is 11.0. The lowest BCUT2D eigenvalue weighted by Gasteiger charge is -2.46. The van der Waals surface area contributed by atoms with Crippen LogP contribution in [0.3, 0.4) is 0 Å². The molecule has 2 fully saturated rings. The fourth-order valence-corrected chi connectivity index (χ4v) is 4.24. The average Bonchev–Trinajstić information content (AvgIpc) is 3.32. The van der Waals surface area contributed by atoms with E-state index in [-0.39, 0.29) is 24.0 Å². The monoisotopic (exact) mass is 485 g/mol. The maximum atomic E-state index is 12.5. The molecule has 0 atom stereocenters. The molecule has 1 N–H and O–H groups in total. The van der Waals surface area contributed by atoms with Gasteiger partial charge in [0.2, 0.25) is 5.91 Å². The second kappa shape index (κ2) is 10.3. The van der Waals surface area contributed by atoms with Crippen LogP contribution < -0.4 is 0 Å². The van der Waals surface area contributed by atoms with Crippen molar-refractivity contribution < 1.29 is 37.4 Å². The summed E-state index contributed by atoms with van der Waals surface area (Å²) in [5.74, 6) is -2.68. The van der Waals surface area contributed by atoms with E-state index in [4.69, 9.17) is 14.6 Å². The second-order valence-corrected chi connectivity index (χ2v) is 8.43. The Labute approximate surface area is 191 Å². The highest BCUT2D eigenvalue weighted by Gasteiger charge is 2.43. The van der Waals surface area contributed by atoms with E-state index in [1.54, 1.807) is 6.20 Å². The van der Waals surface area contributed by atoms with Crippen molar-refractivity contribution in [2.24, 2.45) is 0 Å². The standard InChI is InChI=1S/C19H21N3O3S.C2HF3O2/c23-17-12-25-19(14-22(17)11-16-3-1-2-7-20-16)5-8-21(9-6-19)18(24)15-4-10-26-13-15;3-2(4,5)1(6)7/h1-4,7,10,13H,5-6,8-9,11-12,14H2;(H,6,7). The minimum atomic E-state index is -5.08.